The predicted octanol–water partition coefficient (Wildman–Crippen LogP) is 2.52. The highest BCUT2D eigenvalue weighted by atomic mass is 16.5. The van der Waals surface area contributed by atoms with E-state index in [0.29, 0.717) is 5.75 Å². The van der Waals surface area contributed by atoms with E-state index in [-0.39, 0.29) is 11.9 Å². The first-order chi connectivity index (χ1) is 9.99. The van der Waals surface area contributed by atoms with E-state index in [2.05, 4.69) is 0 Å². The first-order valence-electron chi connectivity index (χ1n) is 7.67. The lowest BCUT2D eigenvalue weighted by molar-refractivity contribution is -0.142. The molecule has 2 rings (SSSR count). The van der Waals surface area contributed by atoms with Gasteiger partial charge in [-0.1, -0.05) is 25.0 Å². The molecule has 116 valence electrons. The van der Waals surface area contributed by atoms with Crippen molar-refractivity contribution in [1.29, 1.82) is 0 Å². The van der Waals surface area contributed by atoms with Gasteiger partial charge in [-0.25, -0.2) is 0 Å². The molecule has 4 heteroatoms. The van der Waals surface area contributed by atoms with Gasteiger partial charge in [0.05, 0.1) is 12.1 Å². The van der Waals surface area contributed by atoms with Crippen molar-refractivity contribution in [3.05, 3.63) is 29.8 Å². The topological polar surface area (TPSA) is 49.8 Å². The van der Waals surface area contributed by atoms with E-state index >= 15 is 0 Å². The van der Waals surface area contributed by atoms with E-state index in [4.69, 9.17) is 4.74 Å². The normalized spacial score (nSPS) is 23.4. The summed E-state index contributed by atoms with van der Waals surface area (Å²) >= 11 is 0. The second-order valence-electron chi connectivity index (χ2n) is 5.94. The number of aliphatic hydroxyl groups is 1. The Labute approximate surface area is 126 Å². The molecule has 4 nitrogen and oxygen atoms in total. The highest BCUT2D eigenvalue weighted by molar-refractivity contribution is 5.81. The number of carbonyl (C=O) groups excluding carboxylic acids is 1. The third-order valence-electron chi connectivity index (χ3n) is 4.19. The molecule has 0 unspecified atom stereocenters. The Morgan fingerprint density at radius 3 is 2.76 bits per heavy atom. The molecule has 1 amide bonds. The molecule has 1 N–H and O–H groups in total. The Hall–Kier alpha value is -1.55. The predicted molar refractivity (Wildman–Crippen MR) is 82.3 cm³/mol. The molecule has 0 aliphatic heterocycles. The zero-order valence-corrected chi connectivity index (χ0v) is 13.1. The fourth-order valence-corrected chi connectivity index (χ4v) is 2.94. The van der Waals surface area contributed by atoms with Gasteiger partial charge in [-0.3, -0.25) is 4.79 Å². The van der Waals surface area contributed by atoms with Gasteiger partial charge in [0.2, 0.25) is 0 Å². The number of ether oxygens (including phenoxy) is 1. The lowest BCUT2D eigenvalue weighted by Gasteiger charge is -2.36. The van der Waals surface area contributed by atoms with Crippen LogP contribution < -0.4 is 4.74 Å². The Balaban J connectivity index is 1.98. The number of hydrogen-bond acceptors (Lipinski definition) is 3. The molecule has 0 spiro atoms. The third kappa shape index (κ3) is 3.97. The number of benzene rings is 1. The van der Waals surface area contributed by atoms with Gasteiger partial charge in [0.25, 0.3) is 5.91 Å². The maximum absolute atomic E-state index is 12.5. The number of rotatable bonds is 4. The average Bonchev–Trinajstić information content (AvgIpc) is 2.46. The first kappa shape index (κ1) is 15.8. The summed E-state index contributed by atoms with van der Waals surface area (Å²) in [6, 6.07) is 7.58. The number of nitrogens with zero attached hydrogens (tertiary/aromatic N) is 1. The number of carbonyl (C=O) groups is 1. The van der Waals surface area contributed by atoms with Crippen molar-refractivity contribution in [3.63, 3.8) is 0 Å². The van der Waals surface area contributed by atoms with Crippen LogP contribution in [0.4, 0.5) is 0 Å². The van der Waals surface area contributed by atoms with Crippen molar-refractivity contribution in [2.75, 3.05) is 7.05 Å². The zero-order valence-electron chi connectivity index (χ0n) is 13.1. The summed E-state index contributed by atoms with van der Waals surface area (Å²) in [6.07, 6.45) is 2.77. The summed E-state index contributed by atoms with van der Waals surface area (Å²) in [4.78, 5) is 14.1. The highest BCUT2D eigenvalue weighted by Crippen LogP contribution is 2.23. The fourth-order valence-electron chi connectivity index (χ4n) is 2.94. The largest absolute Gasteiger partial charge is 0.481 e. The van der Waals surface area contributed by atoms with Crippen LogP contribution in [0.1, 0.15) is 38.2 Å². The summed E-state index contributed by atoms with van der Waals surface area (Å²) < 4.78 is 5.73. The molecule has 3 atom stereocenters. The van der Waals surface area contributed by atoms with Gasteiger partial charge >= 0.3 is 0 Å². The van der Waals surface area contributed by atoms with Gasteiger partial charge in [0.15, 0.2) is 6.10 Å². The molecule has 0 radical (unpaired) electrons. The quantitative estimate of drug-likeness (QED) is 0.927. The van der Waals surface area contributed by atoms with Crippen LogP contribution in [0.3, 0.4) is 0 Å². The lowest BCUT2D eigenvalue weighted by Crippen LogP contribution is -2.50. The van der Waals surface area contributed by atoms with Crippen molar-refractivity contribution < 1.29 is 14.6 Å². The maximum atomic E-state index is 12.5. The lowest BCUT2D eigenvalue weighted by atomic mass is 9.91. The molecule has 0 aromatic heterocycles. The van der Waals surface area contributed by atoms with E-state index < -0.39 is 12.2 Å². The summed E-state index contributed by atoms with van der Waals surface area (Å²) in [7, 11) is 1.76. The van der Waals surface area contributed by atoms with Gasteiger partial charge in [0.1, 0.15) is 5.75 Å². The zero-order chi connectivity index (χ0) is 15.4. The van der Waals surface area contributed by atoms with E-state index in [1.807, 2.05) is 31.2 Å². The van der Waals surface area contributed by atoms with E-state index in [1.165, 1.54) is 0 Å². The molecule has 1 aliphatic carbocycles. The second-order valence-corrected chi connectivity index (χ2v) is 5.94. The molecule has 0 saturated heterocycles. The van der Waals surface area contributed by atoms with Crippen LogP contribution in [0.25, 0.3) is 0 Å². The van der Waals surface area contributed by atoms with Gasteiger partial charge in [-0.15, -0.1) is 0 Å². The monoisotopic (exact) mass is 291 g/mol. The minimum atomic E-state index is -0.550. The van der Waals surface area contributed by atoms with Crippen LogP contribution >= 0.6 is 0 Å². The number of amides is 1. The molecule has 1 aliphatic rings. The van der Waals surface area contributed by atoms with Crippen molar-refractivity contribution in [1.82, 2.24) is 4.90 Å². The van der Waals surface area contributed by atoms with Crippen LogP contribution in [0.2, 0.25) is 0 Å². The molecular formula is C17H25NO3. The molecule has 1 aromatic carbocycles. The van der Waals surface area contributed by atoms with Crippen LogP contribution in [-0.2, 0) is 4.79 Å². The van der Waals surface area contributed by atoms with Crippen molar-refractivity contribution in [3.8, 4) is 5.75 Å². The van der Waals surface area contributed by atoms with Crippen molar-refractivity contribution in [2.45, 2.75) is 57.8 Å². The standard InChI is InChI=1S/C17H25NO3/c1-12-7-6-8-14(11-12)21-13(2)17(20)18(3)15-9-4-5-10-16(15)19/h6-8,11,13,15-16,19H,4-5,9-10H2,1-3H3/t13-,15+,16-/m1/s1. The van der Waals surface area contributed by atoms with Crippen LogP contribution in [0, 0.1) is 6.92 Å². The Morgan fingerprint density at radius 2 is 2.10 bits per heavy atom. The summed E-state index contributed by atoms with van der Waals surface area (Å²) in [5, 5.41) is 10.1. The Bertz CT molecular complexity index is 489. The molecule has 1 fully saturated rings. The van der Waals surface area contributed by atoms with Crippen LogP contribution in [0.15, 0.2) is 24.3 Å². The number of aryl methyl sites for hydroxylation is 1. The van der Waals surface area contributed by atoms with E-state index in [9.17, 15) is 9.90 Å². The van der Waals surface area contributed by atoms with Crippen molar-refractivity contribution in [2.24, 2.45) is 0 Å². The number of likely N-dealkylation sites (N-methyl/N-ethyl adjacent to an activating group) is 1. The third-order valence-corrected chi connectivity index (χ3v) is 4.19. The summed E-state index contributed by atoms with van der Waals surface area (Å²) in [5.74, 6) is 0.621. The van der Waals surface area contributed by atoms with E-state index in [0.717, 1.165) is 31.2 Å². The SMILES string of the molecule is Cc1cccc(O[C@H](C)C(=O)N(C)[C@H]2CCCC[C@H]2O)c1. The Morgan fingerprint density at radius 1 is 1.38 bits per heavy atom. The minimum Gasteiger partial charge on any atom is -0.481 e. The maximum Gasteiger partial charge on any atom is 0.263 e. The number of hydrogen-bond donors (Lipinski definition) is 1. The van der Waals surface area contributed by atoms with Gasteiger partial charge in [0, 0.05) is 7.05 Å². The highest BCUT2D eigenvalue weighted by Gasteiger charge is 2.31. The van der Waals surface area contributed by atoms with E-state index in [1.54, 1.807) is 18.9 Å². The fraction of sp³-hybridized carbons (Fsp3) is 0.588. The summed E-state index contributed by atoms with van der Waals surface area (Å²) in [5.41, 5.74) is 1.10. The summed E-state index contributed by atoms with van der Waals surface area (Å²) in [6.45, 7) is 3.75. The Kier molecular flexibility index (Phi) is 5.23. The smallest absolute Gasteiger partial charge is 0.263 e. The second kappa shape index (κ2) is 6.94. The first-order valence-corrected chi connectivity index (χ1v) is 7.67. The van der Waals surface area contributed by atoms with Crippen LogP contribution in [-0.4, -0.2) is 41.2 Å². The number of aliphatic hydroxyl groups excluding tert-OH is 1. The van der Waals surface area contributed by atoms with Crippen LogP contribution in [0.5, 0.6) is 5.75 Å². The molecule has 1 aromatic rings. The minimum absolute atomic E-state index is 0.0811. The molecule has 0 heterocycles. The average molecular weight is 291 g/mol. The van der Waals surface area contributed by atoms with Gasteiger partial charge < -0.3 is 14.7 Å². The van der Waals surface area contributed by atoms with Crippen molar-refractivity contribution >= 4 is 5.91 Å². The molecule has 21 heavy (non-hydrogen) atoms. The van der Waals surface area contributed by atoms with Gasteiger partial charge in [-0.2, -0.15) is 0 Å². The molecular weight excluding hydrogens is 266 g/mol. The molecule has 1 saturated carbocycles. The van der Waals surface area contributed by atoms with Gasteiger partial charge in [-0.05, 0) is 44.4 Å². The molecule has 0 bridgehead atoms.